The van der Waals surface area contributed by atoms with Crippen LogP contribution in [-0.4, -0.2) is 119 Å². The number of hydrogen-bond donors (Lipinski definition) is 8. The Labute approximate surface area is 314 Å². The van der Waals surface area contributed by atoms with E-state index < -0.39 is 60.6 Å². The van der Waals surface area contributed by atoms with E-state index >= 15 is 0 Å². The number of ether oxygens (including phenoxy) is 4. The third-order valence-electron chi connectivity index (χ3n) is 7.57. The first kappa shape index (κ1) is 44.7. The Morgan fingerprint density at radius 3 is 1.47 bits per heavy atom. The van der Waals surface area contributed by atoms with Gasteiger partial charge in [-0.1, -0.05) is 27.7 Å². The van der Waals surface area contributed by atoms with Crippen LogP contribution in [-0.2, 0) is 42.0 Å². The van der Waals surface area contributed by atoms with Gasteiger partial charge in [0.15, 0.2) is 22.3 Å². The molecule has 4 aromatic heterocycles. The predicted molar refractivity (Wildman–Crippen MR) is 194 cm³/mol. The lowest BCUT2D eigenvalue weighted by Gasteiger charge is -2.19. The van der Waals surface area contributed by atoms with Crippen molar-refractivity contribution in [1.29, 1.82) is 0 Å². The van der Waals surface area contributed by atoms with Crippen molar-refractivity contribution >= 4 is 71.0 Å². The molecule has 0 amide bonds. The number of nitrogens with one attached hydrogen (secondary N) is 4. The molecule has 2 unspecified atom stereocenters. The number of nitrogens with zero attached hydrogens (tertiary/aromatic N) is 6. The maximum Gasteiger partial charge on any atom is 0.323 e. The van der Waals surface area contributed by atoms with Crippen molar-refractivity contribution in [2.45, 2.75) is 65.4 Å². The molecular weight excluding hydrogens is 747 g/mol. The smallest absolute Gasteiger partial charge is 0.323 e. The fourth-order valence-corrected chi connectivity index (χ4v) is 4.24. The van der Waals surface area contributed by atoms with Gasteiger partial charge in [0.05, 0.1) is 32.5 Å². The van der Waals surface area contributed by atoms with E-state index in [0.29, 0.717) is 0 Å². The van der Waals surface area contributed by atoms with Gasteiger partial charge in [0, 0.05) is 0 Å². The molecule has 4 atom stereocenters. The number of hydrogen-bond acceptors (Lipinski definition) is 18. The number of H-pyrrole nitrogens is 2. The second-order valence-electron chi connectivity index (χ2n) is 12.1. The van der Waals surface area contributed by atoms with Gasteiger partial charge >= 0.3 is 11.9 Å². The molecule has 10 N–H and O–H groups in total. The minimum Gasteiger partial charge on any atom is -0.462 e. The molecular formula is C29H46Cl2N12O10. The third-order valence-corrected chi connectivity index (χ3v) is 7.57. The van der Waals surface area contributed by atoms with E-state index in [9.17, 15) is 29.4 Å². The van der Waals surface area contributed by atoms with E-state index in [1.54, 1.807) is 27.7 Å². The van der Waals surface area contributed by atoms with Crippen LogP contribution in [0.25, 0.3) is 22.3 Å². The number of rotatable bonds is 20. The molecule has 0 aliphatic heterocycles. The number of aromatic amines is 2. The quantitative estimate of drug-likeness (QED) is 0.0377. The number of carbonyl (C=O) groups is 2. The first-order valence-electron chi connectivity index (χ1n) is 16.0. The molecule has 53 heavy (non-hydrogen) atoms. The summed E-state index contributed by atoms with van der Waals surface area (Å²) in [4.78, 5) is 71.5. The number of imidazole rings is 2. The molecule has 0 saturated carbocycles. The first-order valence-corrected chi connectivity index (χ1v) is 16.0. The Morgan fingerprint density at radius 2 is 1.13 bits per heavy atom. The van der Waals surface area contributed by atoms with E-state index in [4.69, 9.17) is 30.4 Å². The van der Waals surface area contributed by atoms with Gasteiger partial charge in [-0.2, -0.15) is 9.97 Å². The number of aliphatic hydroxyl groups excluding tert-OH is 2. The molecule has 4 aromatic rings. The molecule has 0 aliphatic rings. The fourth-order valence-electron chi connectivity index (χ4n) is 4.24. The van der Waals surface area contributed by atoms with E-state index in [1.165, 1.54) is 21.8 Å². The van der Waals surface area contributed by atoms with Crippen LogP contribution in [0.4, 0.5) is 11.9 Å². The lowest BCUT2D eigenvalue weighted by molar-refractivity contribution is -0.153. The van der Waals surface area contributed by atoms with E-state index in [-0.39, 0.29) is 104 Å². The summed E-state index contributed by atoms with van der Waals surface area (Å²) < 4.78 is 24.5. The summed E-state index contributed by atoms with van der Waals surface area (Å²) >= 11 is 0. The fraction of sp³-hybridized carbons (Fsp3) is 0.586. The van der Waals surface area contributed by atoms with Crippen LogP contribution in [0, 0.1) is 11.8 Å². The zero-order valence-electron chi connectivity index (χ0n) is 29.4. The van der Waals surface area contributed by atoms with E-state index in [0.717, 1.165) is 0 Å². The second kappa shape index (κ2) is 20.7. The molecule has 0 aromatic carbocycles. The summed E-state index contributed by atoms with van der Waals surface area (Å²) in [6, 6.07) is -1.63. The van der Waals surface area contributed by atoms with Crippen molar-refractivity contribution in [3.05, 3.63) is 33.4 Å². The standard InChI is InChI=1S/C29H44N12O10.2ClH/c1-14(2)18(30)26(46)48-7-16(5-42)50-12-40-10-34-20-22(40)36-28(38-24(20)44)32-9-33-29-37-23-21(25(45)39-29)35-11-41(23)13-51-17(6-43)8-49-27(47)19(31)15(3)4;;/h10-11,14-19,42-43H,5-9,12-13,30-31H2,1-4H3,(H2,32,36,38,44)(H2,33,37,39,45);2*1H/t16?,17?,18-,19-;;/m0../s1. The lowest BCUT2D eigenvalue weighted by atomic mass is 10.1. The highest BCUT2D eigenvalue weighted by molar-refractivity contribution is 5.85. The maximum atomic E-state index is 12.7. The highest BCUT2D eigenvalue weighted by Crippen LogP contribution is 2.12. The number of aliphatic hydroxyl groups is 2. The summed E-state index contributed by atoms with van der Waals surface area (Å²) in [6.07, 6.45) is 0.912. The van der Waals surface area contributed by atoms with Gasteiger partial charge in [-0.15, -0.1) is 24.8 Å². The zero-order valence-corrected chi connectivity index (χ0v) is 31.0. The molecule has 0 bridgehead atoms. The Morgan fingerprint density at radius 1 is 0.755 bits per heavy atom. The lowest BCUT2D eigenvalue weighted by Crippen LogP contribution is -2.39. The number of esters is 2. The summed E-state index contributed by atoms with van der Waals surface area (Å²) in [5.74, 6) is -1.40. The summed E-state index contributed by atoms with van der Waals surface area (Å²) in [5.41, 5.74) is 10.9. The third kappa shape index (κ3) is 11.8. The first-order chi connectivity index (χ1) is 24.3. The van der Waals surface area contributed by atoms with Crippen LogP contribution in [0.2, 0.25) is 0 Å². The molecule has 0 fully saturated rings. The van der Waals surface area contributed by atoms with Gasteiger partial charge in [0.1, 0.15) is 51.0 Å². The minimum atomic E-state index is -0.876. The largest absolute Gasteiger partial charge is 0.462 e. The van der Waals surface area contributed by atoms with Crippen LogP contribution in [0.1, 0.15) is 27.7 Å². The van der Waals surface area contributed by atoms with Crippen LogP contribution in [0.15, 0.2) is 22.2 Å². The monoisotopic (exact) mass is 792 g/mol. The molecule has 296 valence electrons. The summed E-state index contributed by atoms with van der Waals surface area (Å²) in [7, 11) is 0. The zero-order chi connectivity index (χ0) is 37.2. The second-order valence-corrected chi connectivity index (χ2v) is 12.1. The molecule has 4 heterocycles. The normalized spacial score (nSPS) is 13.6. The van der Waals surface area contributed by atoms with Gasteiger partial charge in [-0.25, -0.2) is 9.97 Å². The van der Waals surface area contributed by atoms with Gasteiger partial charge in [0.25, 0.3) is 11.1 Å². The number of aromatic nitrogens is 8. The molecule has 22 nitrogen and oxygen atoms in total. The number of fused-ring (bicyclic) bond motifs is 2. The average Bonchev–Trinajstić information content (AvgIpc) is 3.71. The van der Waals surface area contributed by atoms with E-state index in [2.05, 4.69) is 40.5 Å². The highest BCUT2D eigenvalue weighted by atomic mass is 35.5. The van der Waals surface area contributed by atoms with Crippen LogP contribution >= 0.6 is 24.8 Å². The van der Waals surface area contributed by atoms with Crippen LogP contribution < -0.4 is 33.2 Å². The number of halogens is 2. The Bertz CT molecular complexity index is 1770. The number of nitrogens with two attached hydrogens (primary N) is 2. The molecule has 4 rings (SSSR count). The van der Waals surface area contributed by atoms with Gasteiger partial charge in [0.2, 0.25) is 11.9 Å². The Hall–Kier alpha value is -4.42. The van der Waals surface area contributed by atoms with Gasteiger partial charge < -0.3 is 51.3 Å². The number of anilines is 2. The van der Waals surface area contributed by atoms with Gasteiger partial charge in [-0.05, 0) is 11.8 Å². The minimum absolute atomic E-state index is 0. The van der Waals surface area contributed by atoms with Crippen LogP contribution in [0.5, 0.6) is 0 Å². The molecule has 0 saturated heterocycles. The maximum absolute atomic E-state index is 12.7. The van der Waals surface area contributed by atoms with Crippen LogP contribution in [0.3, 0.4) is 0 Å². The Kier molecular flexibility index (Phi) is 17.5. The van der Waals surface area contributed by atoms with Crippen molar-refractivity contribution in [2.24, 2.45) is 23.3 Å². The SMILES string of the molecule is CC(C)[C@H](N)C(=O)OCC(CO)OCn1cnc2c(=O)[nH]c(NCNc3nc4c(ncn4COC(CO)COC(=O)[C@@H](N)C(C)C)c(=O)[nH]3)nc21.Cl.Cl. The number of carbonyl (C=O) groups excluding carboxylic acids is 2. The summed E-state index contributed by atoms with van der Waals surface area (Å²) in [6.45, 7) is 5.32. The van der Waals surface area contributed by atoms with E-state index in [1.807, 2.05) is 0 Å². The Balaban J connectivity index is 0.00000486. The topological polar surface area (TPSA) is 315 Å². The van der Waals surface area contributed by atoms with Crippen molar-refractivity contribution < 1.29 is 38.7 Å². The average molecular weight is 794 g/mol. The molecule has 24 heteroatoms. The molecule has 0 spiro atoms. The molecule has 0 aliphatic carbocycles. The van der Waals surface area contributed by atoms with Crippen molar-refractivity contribution in [3.63, 3.8) is 0 Å². The van der Waals surface area contributed by atoms with Crippen molar-refractivity contribution in [3.8, 4) is 0 Å². The predicted octanol–water partition coefficient (Wildman–Crippen LogP) is -1.40. The summed E-state index contributed by atoms with van der Waals surface area (Å²) in [5, 5.41) is 25.1. The van der Waals surface area contributed by atoms with Gasteiger partial charge in [-0.3, -0.25) is 38.3 Å². The van der Waals surface area contributed by atoms with Crippen molar-refractivity contribution in [2.75, 3.05) is 43.7 Å². The van der Waals surface area contributed by atoms with Crippen molar-refractivity contribution in [1.82, 2.24) is 39.0 Å². The molecule has 0 radical (unpaired) electrons. The highest BCUT2D eigenvalue weighted by Gasteiger charge is 2.22.